The van der Waals surface area contributed by atoms with Crippen molar-refractivity contribution in [2.24, 2.45) is 5.41 Å². The maximum Gasteiger partial charge on any atom is 0.0700 e. The number of ether oxygens (including phenoxy) is 2. The van der Waals surface area contributed by atoms with Crippen LogP contribution in [0.2, 0.25) is 0 Å². The fourth-order valence-corrected chi connectivity index (χ4v) is 2.25. The standard InChI is InChI=1S/C12H25NO3/c1-15-8-9-16-7-3-5-12(11-14)4-2-6-13-10-12/h13-14H,2-11H2,1H3. The summed E-state index contributed by atoms with van der Waals surface area (Å²) in [7, 11) is 1.68. The van der Waals surface area contributed by atoms with Gasteiger partial charge in [0.15, 0.2) is 0 Å². The quantitative estimate of drug-likeness (QED) is 0.607. The van der Waals surface area contributed by atoms with E-state index in [1.54, 1.807) is 7.11 Å². The first-order valence-electron chi connectivity index (χ1n) is 6.21. The molecule has 96 valence electrons. The minimum atomic E-state index is 0.100. The van der Waals surface area contributed by atoms with Crippen molar-refractivity contribution in [1.29, 1.82) is 0 Å². The van der Waals surface area contributed by atoms with E-state index in [-0.39, 0.29) is 12.0 Å². The molecule has 1 saturated heterocycles. The Labute approximate surface area is 98.3 Å². The number of hydrogen-bond donors (Lipinski definition) is 2. The Morgan fingerprint density at radius 2 is 2.19 bits per heavy atom. The molecule has 16 heavy (non-hydrogen) atoms. The molecule has 0 aromatic carbocycles. The molecule has 1 unspecified atom stereocenters. The van der Waals surface area contributed by atoms with Crippen LogP contribution in [0.5, 0.6) is 0 Å². The van der Waals surface area contributed by atoms with E-state index in [0.717, 1.165) is 39.0 Å². The first kappa shape index (κ1) is 13.9. The molecule has 0 amide bonds. The van der Waals surface area contributed by atoms with Crippen LogP contribution in [0, 0.1) is 5.41 Å². The summed E-state index contributed by atoms with van der Waals surface area (Å²) < 4.78 is 10.3. The van der Waals surface area contributed by atoms with Crippen LogP contribution in [0.25, 0.3) is 0 Å². The van der Waals surface area contributed by atoms with Crippen molar-refractivity contribution in [3.63, 3.8) is 0 Å². The van der Waals surface area contributed by atoms with Crippen molar-refractivity contribution in [2.45, 2.75) is 25.7 Å². The van der Waals surface area contributed by atoms with Gasteiger partial charge in [0, 0.05) is 32.3 Å². The summed E-state index contributed by atoms with van der Waals surface area (Å²) in [6.45, 7) is 4.42. The van der Waals surface area contributed by atoms with E-state index >= 15 is 0 Å². The molecular formula is C12H25NO3. The van der Waals surface area contributed by atoms with Gasteiger partial charge in [0.2, 0.25) is 0 Å². The summed E-state index contributed by atoms with van der Waals surface area (Å²) >= 11 is 0. The van der Waals surface area contributed by atoms with Gasteiger partial charge in [0.1, 0.15) is 0 Å². The van der Waals surface area contributed by atoms with Crippen LogP contribution in [0.15, 0.2) is 0 Å². The van der Waals surface area contributed by atoms with Crippen LogP contribution in [0.3, 0.4) is 0 Å². The second kappa shape index (κ2) is 8.01. The first-order chi connectivity index (χ1) is 7.83. The molecule has 1 aliphatic rings. The number of methoxy groups -OCH3 is 1. The number of hydrogen-bond acceptors (Lipinski definition) is 4. The lowest BCUT2D eigenvalue weighted by Crippen LogP contribution is -2.42. The minimum Gasteiger partial charge on any atom is -0.396 e. The van der Waals surface area contributed by atoms with Crippen LogP contribution < -0.4 is 5.32 Å². The Morgan fingerprint density at radius 1 is 1.31 bits per heavy atom. The van der Waals surface area contributed by atoms with Crippen LogP contribution in [-0.4, -0.2) is 51.7 Å². The lowest BCUT2D eigenvalue weighted by Gasteiger charge is -2.36. The largest absolute Gasteiger partial charge is 0.396 e. The summed E-state index contributed by atoms with van der Waals surface area (Å²) in [6.07, 6.45) is 4.37. The zero-order chi connectivity index (χ0) is 11.7. The average molecular weight is 231 g/mol. The molecule has 0 bridgehead atoms. The van der Waals surface area contributed by atoms with E-state index < -0.39 is 0 Å². The zero-order valence-corrected chi connectivity index (χ0v) is 10.3. The molecule has 2 N–H and O–H groups in total. The van der Waals surface area contributed by atoms with E-state index in [9.17, 15) is 5.11 Å². The van der Waals surface area contributed by atoms with E-state index in [4.69, 9.17) is 9.47 Å². The second-order valence-corrected chi connectivity index (χ2v) is 4.65. The third-order valence-electron chi connectivity index (χ3n) is 3.32. The molecule has 0 radical (unpaired) electrons. The molecule has 0 aliphatic carbocycles. The van der Waals surface area contributed by atoms with Gasteiger partial charge in [-0.3, -0.25) is 0 Å². The summed E-state index contributed by atoms with van der Waals surface area (Å²) in [5, 5.41) is 12.8. The third kappa shape index (κ3) is 4.78. The van der Waals surface area contributed by atoms with Gasteiger partial charge in [-0.2, -0.15) is 0 Å². The van der Waals surface area contributed by atoms with Gasteiger partial charge >= 0.3 is 0 Å². The van der Waals surface area contributed by atoms with Crippen LogP contribution >= 0.6 is 0 Å². The highest BCUT2D eigenvalue weighted by molar-refractivity contribution is 4.84. The lowest BCUT2D eigenvalue weighted by molar-refractivity contribution is 0.0471. The molecule has 1 atom stereocenters. The normalized spacial score (nSPS) is 25.9. The zero-order valence-electron chi connectivity index (χ0n) is 10.3. The predicted octanol–water partition coefficient (Wildman–Crippen LogP) is 0.792. The van der Waals surface area contributed by atoms with Gasteiger partial charge in [-0.25, -0.2) is 0 Å². The maximum absolute atomic E-state index is 9.48. The fourth-order valence-electron chi connectivity index (χ4n) is 2.25. The monoisotopic (exact) mass is 231 g/mol. The molecule has 0 saturated carbocycles. The van der Waals surface area contributed by atoms with Crippen molar-refractivity contribution < 1.29 is 14.6 Å². The van der Waals surface area contributed by atoms with Crippen molar-refractivity contribution >= 4 is 0 Å². The minimum absolute atomic E-state index is 0.100. The van der Waals surface area contributed by atoms with Crippen molar-refractivity contribution in [2.75, 3.05) is 46.6 Å². The average Bonchev–Trinajstić information content (AvgIpc) is 2.35. The molecule has 0 aromatic rings. The van der Waals surface area contributed by atoms with Crippen LogP contribution in [0.4, 0.5) is 0 Å². The Morgan fingerprint density at radius 3 is 2.81 bits per heavy atom. The number of aliphatic hydroxyl groups excluding tert-OH is 1. The highest BCUT2D eigenvalue weighted by Gasteiger charge is 2.30. The van der Waals surface area contributed by atoms with Gasteiger partial charge in [0.25, 0.3) is 0 Å². The fraction of sp³-hybridized carbons (Fsp3) is 1.00. The highest BCUT2D eigenvalue weighted by Crippen LogP contribution is 2.30. The summed E-state index contributed by atoms with van der Waals surface area (Å²) in [4.78, 5) is 0. The molecule has 4 heteroatoms. The highest BCUT2D eigenvalue weighted by atomic mass is 16.5. The number of piperidine rings is 1. The number of rotatable bonds is 8. The van der Waals surface area contributed by atoms with Crippen LogP contribution in [-0.2, 0) is 9.47 Å². The van der Waals surface area contributed by atoms with Crippen molar-refractivity contribution in [3.05, 3.63) is 0 Å². The summed E-state index contributed by atoms with van der Waals surface area (Å²) in [5.41, 5.74) is 0.100. The van der Waals surface area contributed by atoms with Gasteiger partial charge in [0.05, 0.1) is 13.2 Å². The molecule has 1 fully saturated rings. The molecule has 1 aliphatic heterocycles. The Balaban J connectivity index is 2.08. The van der Waals surface area contributed by atoms with Gasteiger partial charge in [-0.15, -0.1) is 0 Å². The van der Waals surface area contributed by atoms with E-state index in [1.807, 2.05) is 0 Å². The topological polar surface area (TPSA) is 50.7 Å². The summed E-state index contributed by atoms with van der Waals surface area (Å²) in [5.74, 6) is 0. The first-order valence-corrected chi connectivity index (χ1v) is 6.21. The molecule has 1 rings (SSSR count). The number of aliphatic hydroxyl groups is 1. The van der Waals surface area contributed by atoms with E-state index in [0.29, 0.717) is 13.2 Å². The Bertz CT molecular complexity index is 170. The van der Waals surface area contributed by atoms with Gasteiger partial charge < -0.3 is 19.9 Å². The Kier molecular flexibility index (Phi) is 6.96. The van der Waals surface area contributed by atoms with Crippen molar-refractivity contribution in [3.8, 4) is 0 Å². The molecule has 4 nitrogen and oxygen atoms in total. The van der Waals surface area contributed by atoms with Crippen LogP contribution in [0.1, 0.15) is 25.7 Å². The van der Waals surface area contributed by atoms with Crippen molar-refractivity contribution in [1.82, 2.24) is 5.32 Å². The molecular weight excluding hydrogens is 206 g/mol. The van der Waals surface area contributed by atoms with Gasteiger partial charge in [-0.1, -0.05) is 0 Å². The molecule has 0 aromatic heterocycles. The number of nitrogens with one attached hydrogen (secondary N) is 1. The SMILES string of the molecule is COCCOCCCC1(CO)CCCNC1. The maximum atomic E-state index is 9.48. The second-order valence-electron chi connectivity index (χ2n) is 4.65. The van der Waals surface area contributed by atoms with E-state index in [2.05, 4.69) is 5.32 Å². The van der Waals surface area contributed by atoms with Gasteiger partial charge in [-0.05, 0) is 32.2 Å². The molecule has 1 heterocycles. The summed E-state index contributed by atoms with van der Waals surface area (Å²) in [6, 6.07) is 0. The smallest absolute Gasteiger partial charge is 0.0700 e. The Hall–Kier alpha value is -0.160. The predicted molar refractivity (Wildman–Crippen MR) is 63.6 cm³/mol. The lowest BCUT2D eigenvalue weighted by atomic mass is 9.78. The molecule has 0 spiro atoms. The van der Waals surface area contributed by atoms with E-state index in [1.165, 1.54) is 6.42 Å². The third-order valence-corrected chi connectivity index (χ3v) is 3.32.